The number of anilines is 2. The van der Waals surface area contributed by atoms with E-state index >= 15 is 0 Å². The van der Waals surface area contributed by atoms with Crippen LogP contribution in [0.15, 0.2) is 48.5 Å². The average molecular weight is 387 g/mol. The monoisotopic (exact) mass is 387 g/mol. The van der Waals surface area contributed by atoms with Gasteiger partial charge in [0, 0.05) is 17.7 Å². The van der Waals surface area contributed by atoms with E-state index in [1.165, 1.54) is 0 Å². The van der Waals surface area contributed by atoms with Gasteiger partial charge < -0.3 is 10.6 Å². The van der Waals surface area contributed by atoms with Crippen molar-refractivity contribution in [2.45, 2.75) is 25.8 Å². The zero-order valence-corrected chi connectivity index (χ0v) is 15.6. The normalized spacial score (nSPS) is 16.4. The van der Waals surface area contributed by atoms with Gasteiger partial charge in [-0.3, -0.25) is 14.5 Å². The highest BCUT2D eigenvalue weighted by Crippen LogP contribution is 2.22. The number of halogens is 2. The molecule has 148 valence electrons. The zero-order chi connectivity index (χ0) is 20.1. The van der Waals surface area contributed by atoms with Crippen LogP contribution in [0.1, 0.15) is 19.8 Å². The summed E-state index contributed by atoms with van der Waals surface area (Å²) in [6, 6.07) is 11.7. The van der Waals surface area contributed by atoms with E-state index < -0.39 is 23.6 Å². The molecule has 1 saturated heterocycles. The van der Waals surface area contributed by atoms with Crippen LogP contribution in [0.2, 0.25) is 0 Å². The molecule has 0 aliphatic carbocycles. The molecule has 1 fully saturated rings. The van der Waals surface area contributed by atoms with Crippen molar-refractivity contribution >= 4 is 23.2 Å². The fourth-order valence-corrected chi connectivity index (χ4v) is 3.31. The number of rotatable bonds is 5. The first kappa shape index (κ1) is 19.9. The number of carbonyl (C=O) groups is 2. The molecule has 1 heterocycles. The van der Waals surface area contributed by atoms with Crippen molar-refractivity contribution in [3.63, 3.8) is 0 Å². The molecular weight excluding hydrogens is 364 g/mol. The summed E-state index contributed by atoms with van der Waals surface area (Å²) in [6.45, 7) is 2.87. The minimum atomic E-state index is -0.682. The molecule has 1 atom stereocenters. The van der Waals surface area contributed by atoms with Crippen LogP contribution in [0.4, 0.5) is 20.2 Å². The fraction of sp³-hybridized carbons (Fsp3) is 0.333. The Hall–Kier alpha value is -2.80. The summed E-state index contributed by atoms with van der Waals surface area (Å²) in [5.41, 5.74) is 0.591. The molecule has 2 aromatic rings. The lowest BCUT2D eigenvalue weighted by Crippen LogP contribution is -2.47. The Balaban J connectivity index is 1.51. The number of hydrogen-bond donors (Lipinski definition) is 2. The Morgan fingerprint density at radius 3 is 2.39 bits per heavy atom. The first-order chi connectivity index (χ1) is 13.4. The quantitative estimate of drug-likeness (QED) is 0.823. The second kappa shape index (κ2) is 8.93. The predicted molar refractivity (Wildman–Crippen MR) is 104 cm³/mol. The molecule has 5 nitrogen and oxygen atoms in total. The molecule has 28 heavy (non-hydrogen) atoms. The van der Waals surface area contributed by atoms with Crippen LogP contribution in [0, 0.1) is 17.6 Å². The van der Waals surface area contributed by atoms with Crippen LogP contribution in [0.3, 0.4) is 0 Å². The third-order valence-corrected chi connectivity index (χ3v) is 5.06. The summed E-state index contributed by atoms with van der Waals surface area (Å²) < 4.78 is 27.0. The highest BCUT2D eigenvalue weighted by Gasteiger charge is 2.30. The number of carbonyl (C=O) groups excluding carboxylic acids is 2. The first-order valence-corrected chi connectivity index (χ1v) is 9.30. The molecule has 0 aromatic heterocycles. The van der Waals surface area contributed by atoms with Crippen LogP contribution in [-0.2, 0) is 9.59 Å². The summed E-state index contributed by atoms with van der Waals surface area (Å²) in [5.74, 6) is -1.85. The maximum absolute atomic E-state index is 13.7. The van der Waals surface area contributed by atoms with Crippen molar-refractivity contribution < 1.29 is 18.4 Å². The molecule has 1 unspecified atom stereocenters. The van der Waals surface area contributed by atoms with Gasteiger partial charge in [-0.25, -0.2) is 8.78 Å². The second-order valence-electron chi connectivity index (χ2n) is 6.95. The van der Waals surface area contributed by atoms with Gasteiger partial charge in [-0.2, -0.15) is 0 Å². The molecule has 0 radical (unpaired) electrons. The SMILES string of the molecule is CC(C(=O)Nc1cc(F)ccc1F)N1CCC(C(=O)Nc2ccccc2)CC1. The third-order valence-electron chi connectivity index (χ3n) is 5.06. The highest BCUT2D eigenvalue weighted by atomic mass is 19.1. The van der Waals surface area contributed by atoms with Gasteiger partial charge >= 0.3 is 0 Å². The second-order valence-corrected chi connectivity index (χ2v) is 6.95. The van der Waals surface area contributed by atoms with Gasteiger partial charge in [0.25, 0.3) is 0 Å². The molecule has 1 aliphatic rings. The van der Waals surface area contributed by atoms with E-state index in [-0.39, 0.29) is 17.5 Å². The van der Waals surface area contributed by atoms with Crippen LogP contribution >= 0.6 is 0 Å². The third kappa shape index (κ3) is 4.92. The van der Waals surface area contributed by atoms with Crippen LogP contribution in [0.25, 0.3) is 0 Å². The van der Waals surface area contributed by atoms with Crippen molar-refractivity contribution in [3.8, 4) is 0 Å². The molecule has 0 spiro atoms. The Kier molecular flexibility index (Phi) is 6.36. The van der Waals surface area contributed by atoms with Gasteiger partial charge in [0.2, 0.25) is 11.8 Å². The maximum Gasteiger partial charge on any atom is 0.241 e. The lowest BCUT2D eigenvalue weighted by atomic mass is 9.94. The molecule has 2 amide bonds. The van der Waals surface area contributed by atoms with Crippen LogP contribution < -0.4 is 10.6 Å². The number of nitrogens with zero attached hydrogens (tertiary/aromatic N) is 1. The minimum Gasteiger partial charge on any atom is -0.326 e. The first-order valence-electron chi connectivity index (χ1n) is 9.30. The Bertz CT molecular complexity index is 837. The molecule has 3 rings (SSSR count). The molecule has 1 aliphatic heterocycles. The summed E-state index contributed by atoms with van der Waals surface area (Å²) in [6.07, 6.45) is 1.26. The van der Waals surface area contributed by atoms with Gasteiger partial charge in [-0.15, -0.1) is 0 Å². The van der Waals surface area contributed by atoms with E-state index in [0.717, 1.165) is 23.9 Å². The Labute approximate surface area is 162 Å². The van der Waals surface area contributed by atoms with E-state index in [9.17, 15) is 18.4 Å². The van der Waals surface area contributed by atoms with E-state index in [4.69, 9.17) is 0 Å². The number of para-hydroxylation sites is 1. The standard InChI is InChI=1S/C21H23F2N3O2/c1-14(20(27)25-19-13-16(22)7-8-18(19)23)26-11-9-15(10-12-26)21(28)24-17-5-3-2-4-6-17/h2-8,13-15H,9-12H2,1H3,(H,24,28)(H,25,27). The molecule has 0 saturated carbocycles. The summed E-state index contributed by atoms with van der Waals surface area (Å²) in [5, 5.41) is 5.35. The largest absolute Gasteiger partial charge is 0.326 e. The predicted octanol–water partition coefficient (Wildman–Crippen LogP) is 3.64. The van der Waals surface area contributed by atoms with Gasteiger partial charge in [0.15, 0.2) is 0 Å². The number of benzene rings is 2. The molecule has 7 heteroatoms. The van der Waals surface area contributed by atoms with Gasteiger partial charge in [0.05, 0.1) is 11.7 Å². The van der Waals surface area contributed by atoms with E-state index in [2.05, 4.69) is 10.6 Å². The van der Waals surface area contributed by atoms with Crippen LogP contribution in [-0.4, -0.2) is 35.8 Å². The van der Waals surface area contributed by atoms with Crippen molar-refractivity contribution in [3.05, 3.63) is 60.2 Å². The Morgan fingerprint density at radius 1 is 1.04 bits per heavy atom. The minimum absolute atomic E-state index is 0.0233. The van der Waals surface area contributed by atoms with Crippen molar-refractivity contribution in [1.82, 2.24) is 4.90 Å². The fourth-order valence-electron chi connectivity index (χ4n) is 3.31. The number of likely N-dealkylation sites (tertiary alicyclic amines) is 1. The van der Waals surface area contributed by atoms with E-state index in [1.807, 2.05) is 35.2 Å². The van der Waals surface area contributed by atoms with Gasteiger partial charge in [-0.05, 0) is 57.1 Å². The molecule has 2 aromatic carbocycles. The maximum atomic E-state index is 13.7. The number of nitrogens with one attached hydrogen (secondary N) is 2. The van der Waals surface area contributed by atoms with Crippen molar-refractivity contribution in [1.29, 1.82) is 0 Å². The summed E-state index contributed by atoms with van der Waals surface area (Å²) in [7, 11) is 0. The lowest BCUT2D eigenvalue weighted by Gasteiger charge is -2.34. The van der Waals surface area contributed by atoms with Crippen molar-refractivity contribution in [2.75, 3.05) is 23.7 Å². The van der Waals surface area contributed by atoms with Crippen molar-refractivity contribution in [2.24, 2.45) is 5.92 Å². The summed E-state index contributed by atoms with van der Waals surface area (Å²) in [4.78, 5) is 26.8. The van der Waals surface area contributed by atoms with E-state index in [1.54, 1.807) is 6.92 Å². The van der Waals surface area contributed by atoms with Gasteiger partial charge in [0.1, 0.15) is 11.6 Å². The number of piperidine rings is 1. The smallest absolute Gasteiger partial charge is 0.241 e. The Morgan fingerprint density at radius 2 is 1.71 bits per heavy atom. The zero-order valence-electron chi connectivity index (χ0n) is 15.6. The average Bonchev–Trinajstić information content (AvgIpc) is 2.71. The molecule has 0 bridgehead atoms. The summed E-state index contributed by atoms with van der Waals surface area (Å²) >= 11 is 0. The van der Waals surface area contributed by atoms with Crippen LogP contribution in [0.5, 0.6) is 0 Å². The van der Waals surface area contributed by atoms with E-state index in [0.29, 0.717) is 25.9 Å². The van der Waals surface area contributed by atoms with Gasteiger partial charge in [-0.1, -0.05) is 18.2 Å². The number of hydrogen-bond acceptors (Lipinski definition) is 3. The molecule has 2 N–H and O–H groups in total. The lowest BCUT2D eigenvalue weighted by molar-refractivity contribution is -0.123. The highest BCUT2D eigenvalue weighted by molar-refractivity contribution is 5.95. The topological polar surface area (TPSA) is 61.4 Å². The number of amides is 2. The molecular formula is C21H23F2N3O2.